The molecule has 1 nitrogen and oxygen atoms in total. The van der Waals surface area contributed by atoms with Crippen LogP contribution in [-0.2, 0) is 0 Å². The minimum atomic E-state index is -0.351. The lowest BCUT2D eigenvalue weighted by atomic mass is 10.2. The average molecular weight is 197 g/mol. The molecule has 0 saturated carbocycles. The van der Waals surface area contributed by atoms with Gasteiger partial charge in [-0.2, -0.15) is 0 Å². The van der Waals surface area contributed by atoms with Crippen molar-refractivity contribution in [3.63, 3.8) is 0 Å². The van der Waals surface area contributed by atoms with E-state index in [1.807, 2.05) is 37.3 Å². The summed E-state index contributed by atoms with van der Waals surface area (Å²) >= 11 is 5.73. The molecule has 0 fully saturated rings. The maximum atomic E-state index is 9.26. The van der Waals surface area contributed by atoms with Gasteiger partial charge in [-0.1, -0.05) is 42.8 Å². The highest BCUT2D eigenvalue weighted by Gasteiger charge is 1.92. The highest BCUT2D eigenvalue weighted by molar-refractivity contribution is 6.30. The molecule has 0 saturated heterocycles. The molecule has 0 radical (unpaired) electrons. The maximum Gasteiger partial charge on any atom is 0.0721 e. The van der Waals surface area contributed by atoms with E-state index in [1.165, 1.54) is 0 Å². The lowest BCUT2D eigenvalue weighted by molar-refractivity contribution is 0.220. The topological polar surface area (TPSA) is 20.2 Å². The quantitative estimate of drug-likeness (QED) is 0.788. The number of hydrogen-bond donors (Lipinski definition) is 1. The Balaban J connectivity index is 2.64. The molecule has 2 heteroatoms. The van der Waals surface area contributed by atoms with Crippen LogP contribution in [0, 0.1) is 0 Å². The molecule has 0 amide bonds. The van der Waals surface area contributed by atoms with Crippen LogP contribution in [-0.4, -0.2) is 11.2 Å². The van der Waals surface area contributed by atoms with Crippen LogP contribution in [0.4, 0.5) is 0 Å². The molecule has 13 heavy (non-hydrogen) atoms. The lowest BCUT2D eigenvalue weighted by Crippen LogP contribution is -1.97. The zero-order chi connectivity index (χ0) is 9.68. The molecule has 1 aromatic carbocycles. The highest BCUT2D eigenvalue weighted by Crippen LogP contribution is 2.11. The first kappa shape index (κ1) is 10.3. The van der Waals surface area contributed by atoms with Gasteiger partial charge >= 0.3 is 0 Å². The zero-order valence-electron chi connectivity index (χ0n) is 7.57. The van der Waals surface area contributed by atoms with Gasteiger partial charge in [0.15, 0.2) is 0 Å². The third-order valence-corrected chi connectivity index (χ3v) is 2.05. The van der Waals surface area contributed by atoms with Crippen LogP contribution in [0.5, 0.6) is 0 Å². The van der Waals surface area contributed by atoms with Gasteiger partial charge in [0.25, 0.3) is 0 Å². The van der Waals surface area contributed by atoms with E-state index in [9.17, 15) is 5.11 Å². The molecule has 0 aromatic heterocycles. The summed E-state index contributed by atoms with van der Waals surface area (Å²) in [4.78, 5) is 0. The molecule has 0 heterocycles. The van der Waals surface area contributed by atoms with E-state index < -0.39 is 0 Å². The van der Waals surface area contributed by atoms with Crippen LogP contribution in [0.2, 0.25) is 5.02 Å². The van der Waals surface area contributed by atoms with E-state index in [0.29, 0.717) is 0 Å². The van der Waals surface area contributed by atoms with Gasteiger partial charge in [0.2, 0.25) is 0 Å². The molecule has 0 aliphatic rings. The van der Waals surface area contributed by atoms with Gasteiger partial charge in [-0.15, -0.1) is 0 Å². The van der Waals surface area contributed by atoms with Gasteiger partial charge in [-0.25, -0.2) is 0 Å². The molecule has 1 aromatic rings. The smallest absolute Gasteiger partial charge is 0.0721 e. The SMILES string of the molecule is CC[C@@H](O)/C=C/c1ccc(Cl)cc1. The Bertz CT molecular complexity index is 277. The summed E-state index contributed by atoms with van der Waals surface area (Å²) < 4.78 is 0. The third-order valence-electron chi connectivity index (χ3n) is 1.80. The second-order valence-electron chi connectivity index (χ2n) is 2.89. The summed E-state index contributed by atoms with van der Waals surface area (Å²) in [6, 6.07) is 7.50. The molecule has 0 unspecified atom stereocenters. The van der Waals surface area contributed by atoms with Gasteiger partial charge < -0.3 is 5.11 Å². The molecule has 0 bridgehead atoms. The Kier molecular flexibility index (Phi) is 4.00. The monoisotopic (exact) mass is 196 g/mol. The van der Waals surface area contributed by atoms with Crippen LogP contribution in [0.1, 0.15) is 18.9 Å². The van der Waals surface area contributed by atoms with Crippen LogP contribution < -0.4 is 0 Å². The van der Waals surface area contributed by atoms with Crippen LogP contribution in [0.25, 0.3) is 6.08 Å². The number of rotatable bonds is 3. The predicted molar refractivity (Wildman–Crippen MR) is 56.8 cm³/mol. The molecule has 1 atom stereocenters. The van der Waals surface area contributed by atoms with Crippen molar-refractivity contribution < 1.29 is 5.11 Å². The Morgan fingerprint density at radius 1 is 1.38 bits per heavy atom. The van der Waals surface area contributed by atoms with Gasteiger partial charge in [0.05, 0.1) is 6.10 Å². The summed E-state index contributed by atoms with van der Waals surface area (Å²) in [6.45, 7) is 1.94. The molecule has 70 valence electrons. The first-order valence-electron chi connectivity index (χ1n) is 4.34. The standard InChI is InChI=1S/C11H13ClO/c1-2-11(13)8-5-9-3-6-10(12)7-4-9/h3-8,11,13H,2H2,1H3/b8-5+/t11-/m1/s1. The van der Waals surface area contributed by atoms with Crippen molar-refractivity contribution in [2.45, 2.75) is 19.4 Å². The second kappa shape index (κ2) is 5.05. The predicted octanol–water partition coefficient (Wildman–Crippen LogP) is 3.12. The lowest BCUT2D eigenvalue weighted by Gasteiger charge is -1.99. The van der Waals surface area contributed by atoms with E-state index in [0.717, 1.165) is 17.0 Å². The summed E-state index contributed by atoms with van der Waals surface area (Å²) in [7, 11) is 0. The molecule has 1 N–H and O–H groups in total. The van der Waals surface area contributed by atoms with Crippen LogP contribution in [0.15, 0.2) is 30.3 Å². The van der Waals surface area contributed by atoms with Crippen molar-refractivity contribution in [3.05, 3.63) is 40.9 Å². The van der Waals surface area contributed by atoms with Gasteiger partial charge in [-0.3, -0.25) is 0 Å². The summed E-state index contributed by atoms with van der Waals surface area (Å²) in [6.07, 6.45) is 4.06. The number of benzene rings is 1. The van der Waals surface area contributed by atoms with E-state index >= 15 is 0 Å². The molecule has 0 aliphatic heterocycles. The first-order chi connectivity index (χ1) is 6.22. The van der Waals surface area contributed by atoms with E-state index in [-0.39, 0.29) is 6.10 Å². The Hall–Kier alpha value is -0.790. The highest BCUT2D eigenvalue weighted by atomic mass is 35.5. The number of hydrogen-bond acceptors (Lipinski definition) is 1. The maximum absolute atomic E-state index is 9.26. The fourth-order valence-electron chi connectivity index (χ4n) is 0.932. The summed E-state index contributed by atoms with van der Waals surface area (Å²) in [5.41, 5.74) is 1.05. The number of halogens is 1. The Labute approximate surface area is 83.7 Å². The molecular formula is C11H13ClO. The van der Waals surface area contributed by atoms with Crippen molar-refractivity contribution in [2.75, 3.05) is 0 Å². The number of aliphatic hydroxyl groups excluding tert-OH is 1. The van der Waals surface area contributed by atoms with Crippen molar-refractivity contribution in [1.29, 1.82) is 0 Å². The fourth-order valence-corrected chi connectivity index (χ4v) is 1.06. The van der Waals surface area contributed by atoms with Crippen molar-refractivity contribution in [1.82, 2.24) is 0 Å². The summed E-state index contributed by atoms with van der Waals surface area (Å²) in [5.74, 6) is 0. The fraction of sp³-hybridized carbons (Fsp3) is 0.273. The van der Waals surface area contributed by atoms with Crippen molar-refractivity contribution >= 4 is 17.7 Å². The Morgan fingerprint density at radius 2 is 2.00 bits per heavy atom. The summed E-state index contributed by atoms with van der Waals surface area (Å²) in [5, 5.41) is 9.99. The first-order valence-corrected chi connectivity index (χ1v) is 4.72. The van der Waals surface area contributed by atoms with Crippen LogP contribution >= 0.6 is 11.6 Å². The van der Waals surface area contributed by atoms with E-state index in [2.05, 4.69) is 0 Å². The normalized spacial score (nSPS) is 13.5. The van der Waals surface area contributed by atoms with Gasteiger partial charge in [-0.05, 0) is 24.1 Å². The minimum Gasteiger partial charge on any atom is -0.389 e. The molecular weight excluding hydrogens is 184 g/mol. The van der Waals surface area contributed by atoms with E-state index in [4.69, 9.17) is 11.6 Å². The third kappa shape index (κ3) is 3.62. The molecule has 0 aliphatic carbocycles. The second-order valence-corrected chi connectivity index (χ2v) is 3.32. The minimum absolute atomic E-state index is 0.351. The molecule has 0 spiro atoms. The van der Waals surface area contributed by atoms with Crippen LogP contribution in [0.3, 0.4) is 0 Å². The van der Waals surface area contributed by atoms with Crippen molar-refractivity contribution in [3.8, 4) is 0 Å². The van der Waals surface area contributed by atoms with Gasteiger partial charge in [0, 0.05) is 5.02 Å². The average Bonchev–Trinajstić information content (AvgIpc) is 2.16. The van der Waals surface area contributed by atoms with Crippen molar-refractivity contribution in [2.24, 2.45) is 0 Å². The number of aliphatic hydroxyl groups is 1. The van der Waals surface area contributed by atoms with Gasteiger partial charge in [0.1, 0.15) is 0 Å². The largest absolute Gasteiger partial charge is 0.389 e. The molecule has 1 rings (SSSR count). The zero-order valence-corrected chi connectivity index (χ0v) is 8.33. The van der Waals surface area contributed by atoms with E-state index in [1.54, 1.807) is 6.08 Å². The Morgan fingerprint density at radius 3 is 2.54 bits per heavy atom.